The molecule has 0 bridgehead atoms. The molecule has 2 aliphatic carbocycles. The average molecular weight is 328 g/mol. The molecule has 2 N–H and O–H groups in total. The molecule has 1 aromatic carbocycles. The third kappa shape index (κ3) is 3.31. The summed E-state index contributed by atoms with van der Waals surface area (Å²) in [5.41, 5.74) is 6.69. The smallest absolute Gasteiger partial charge is 0.0456 e. The first-order chi connectivity index (χ1) is 12.3. The standard InChI is InChI=1S/C23H24N2/c1-17(20-14-13-18-8-3-2-4-10-21(18)20)24-15-7-9-19-16-25-23-12-6-5-11-22(19)23/h2-6,8,10-14,16-17,24-25H,7,9,15H2,1H3. The quantitative estimate of drug-likeness (QED) is 0.446. The summed E-state index contributed by atoms with van der Waals surface area (Å²) in [4.78, 5) is 3.36. The van der Waals surface area contributed by atoms with E-state index in [4.69, 9.17) is 0 Å². The fourth-order valence-corrected chi connectivity index (χ4v) is 3.66. The molecule has 1 atom stereocenters. The van der Waals surface area contributed by atoms with Gasteiger partial charge in [-0.25, -0.2) is 0 Å². The van der Waals surface area contributed by atoms with Crippen molar-refractivity contribution in [2.75, 3.05) is 6.54 Å². The fraction of sp³-hybridized carbons (Fsp3) is 0.217. The Bertz CT molecular complexity index is 937. The van der Waals surface area contributed by atoms with Gasteiger partial charge in [0.1, 0.15) is 0 Å². The molecule has 25 heavy (non-hydrogen) atoms. The van der Waals surface area contributed by atoms with E-state index >= 15 is 0 Å². The molecule has 0 spiro atoms. The maximum Gasteiger partial charge on any atom is 0.0456 e. The second kappa shape index (κ2) is 7.12. The summed E-state index contributed by atoms with van der Waals surface area (Å²) in [6.07, 6.45) is 4.39. The zero-order valence-corrected chi connectivity index (χ0v) is 14.6. The highest BCUT2D eigenvalue weighted by atomic mass is 14.9. The number of benzene rings is 1. The van der Waals surface area contributed by atoms with E-state index in [-0.39, 0.29) is 0 Å². The first-order valence-corrected chi connectivity index (χ1v) is 9.09. The SMILES string of the molecule is CC(NCCCc1c[nH]c2ccccc12)c1ccc2cccccc1-2. The second-order valence-electron chi connectivity index (χ2n) is 6.71. The predicted octanol–water partition coefficient (Wildman–Crippen LogP) is 5.56. The molecule has 0 fully saturated rings. The number of aryl methyl sites for hydroxylation is 1. The molecule has 0 amide bonds. The largest absolute Gasteiger partial charge is 0.361 e. The van der Waals surface area contributed by atoms with E-state index in [1.165, 1.54) is 33.2 Å². The molecule has 2 aliphatic rings. The van der Waals surface area contributed by atoms with Crippen LogP contribution < -0.4 is 5.32 Å². The van der Waals surface area contributed by atoms with Crippen LogP contribution in [0.1, 0.15) is 30.5 Å². The zero-order valence-electron chi connectivity index (χ0n) is 14.6. The molecule has 0 saturated carbocycles. The van der Waals surface area contributed by atoms with Crippen LogP contribution in [0.4, 0.5) is 0 Å². The van der Waals surface area contributed by atoms with Crippen molar-refractivity contribution in [3.8, 4) is 11.1 Å². The Balaban J connectivity index is 1.35. The molecule has 0 aliphatic heterocycles. The van der Waals surface area contributed by atoms with E-state index in [1.807, 2.05) is 0 Å². The Hall–Kier alpha value is -2.58. The predicted molar refractivity (Wildman–Crippen MR) is 106 cm³/mol. The van der Waals surface area contributed by atoms with Gasteiger partial charge in [-0.2, -0.15) is 0 Å². The Morgan fingerprint density at radius 3 is 2.72 bits per heavy atom. The van der Waals surface area contributed by atoms with Gasteiger partial charge < -0.3 is 10.3 Å². The number of rotatable bonds is 6. The maximum atomic E-state index is 3.69. The van der Waals surface area contributed by atoms with E-state index < -0.39 is 0 Å². The Morgan fingerprint density at radius 1 is 0.920 bits per heavy atom. The van der Waals surface area contributed by atoms with Crippen molar-refractivity contribution in [3.63, 3.8) is 0 Å². The number of para-hydroxylation sites is 1. The van der Waals surface area contributed by atoms with Crippen LogP contribution in [0.25, 0.3) is 22.0 Å². The monoisotopic (exact) mass is 328 g/mol. The van der Waals surface area contributed by atoms with Crippen molar-refractivity contribution in [1.29, 1.82) is 0 Å². The highest BCUT2D eigenvalue weighted by molar-refractivity contribution is 5.83. The number of fused-ring (bicyclic) bond motifs is 2. The van der Waals surface area contributed by atoms with E-state index in [0.717, 1.165) is 19.4 Å². The van der Waals surface area contributed by atoms with Crippen molar-refractivity contribution in [3.05, 3.63) is 84.1 Å². The lowest BCUT2D eigenvalue weighted by Gasteiger charge is -2.14. The van der Waals surface area contributed by atoms with Crippen LogP contribution >= 0.6 is 0 Å². The summed E-state index contributed by atoms with van der Waals surface area (Å²) >= 11 is 0. The fourth-order valence-electron chi connectivity index (χ4n) is 3.66. The summed E-state index contributed by atoms with van der Waals surface area (Å²) in [7, 11) is 0. The Kier molecular flexibility index (Phi) is 4.53. The van der Waals surface area contributed by atoms with Gasteiger partial charge in [-0.3, -0.25) is 0 Å². The first kappa shape index (κ1) is 15.9. The van der Waals surface area contributed by atoms with Crippen LogP contribution in [-0.4, -0.2) is 11.5 Å². The molecule has 126 valence electrons. The highest BCUT2D eigenvalue weighted by Gasteiger charge is 2.13. The van der Waals surface area contributed by atoms with Gasteiger partial charge in [0.05, 0.1) is 0 Å². The summed E-state index contributed by atoms with van der Waals surface area (Å²) in [6.45, 7) is 3.28. The third-order valence-corrected chi connectivity index (χ3v) is 5.04. The van der Waals surface area contributed by atoms with Crippen LogP contribution in [0.2, 0.25) is 0 Å². The summed E-state index contributed by atoms with van der Waals surface area (Å²) in [5.74, 6) is 0. The van der Waals surface area contributed by atoms with Gasteiger partial charge in [0, 0.05) is 23.1 Å². The molecule has 4 rings (SSSR count). The molecular weight excluding hydrogens is 304 g/mol. The van der Waals surface area contributed by atoms with Crippen LogP contribution in [0.5, 0.6) is 0 Å². The zero-order chi connectivity index (χ0) is 17.1. The Morgan fingerprint density at radius 2 is 1.76 bits per heavy atom. The summed E-state index contributed by atoms with van der Waals surface area (Å²) in [5, 5.41) is 5.04. The molecule has 1 heterocycles. The lowest BCUT2D eigenvalue weighted by atomic mass is 10.0. The van der Waals surface area contributed by atoms with Crippen molar-refractivity contribution in [2.45, 2.75) is 25.8 Å². The van der Waals surface area contributed by atoms with Crippen LogP contribution in [0.15, 0.2) is 72.9 Å². The number of aromatic amines is 1. The van der Waals surface area contributed by atoms with E-state index in [2.05, 4.69) is 90.2 Å². The molecule has 0 radical (unpaired) electrons. The molecule has 1 unspecified atom stereocenters. The van der Waals surface area contributed by atoms with Crippen LogP contribution in [0.3, 0.4) is 0 Å². The van der Waals surface area contributed by atoms with E-state index in [0.29, 0.717) is 6.04 Å². The minimum Gasteiger partial charge on any atom is -0.361 e. The van der Waals surface area contributed by atoms with E-state index in [9.17, 15) is 0 Å². The molecule has 1 aromatic heterocycles. The summed E-state index contributed by atoms with van der Waals surface area (Å²) in [6, 6.07) is 24.1. The minimum absolute atomic E-state index is 0.364. The molecular formula is C23H24N2. The lowest BCUT2D eigenvalue weighted by molar-refractivity contribution is 0.560. The van der Waals surface area contributed by atoms with Crippen molar-refractivity contribution in [2.24, 2.45) is 0 Å². The Labute approximate surface area is 149 Å². The lowest BCUT2D eigenvalue weighted by Crippen LogP contribution is -2.20. The van der Waals surface area contributed by atoms with E-state index in [1.54, 1.807) is 0 Å². The second-order valence-corrected chi connectivity index (χ2v) is 6.71. The first-order valence-electron chi connectivity index (χ1n) is 9.09. The van der Waals surface area contributed by atoms with Crippen molar-refractivity contribution < 1.29 is 0 Å². The third-order valence-electron chi connectivity index (χ3n) is 5.04. The highest BCUT2D eigenvalue weighted by Crippen LogP contribution is 2.31. The minimum atomic E-state index is 0.364. The van der Waals surface area contributed by atoms with Gasteiger partial charge in [-0.15, -0.1) is 0 Å². The average Bonchev–Trinajstić information content (AvgIpc) is 3.16. The molecule has 2 aromatic rings. The molecule has 2 heteroatoms. The number of hydrogen-bond acceptors (Lipinski definition) is 1. The van der Waals surface area contributed by atoms with Gasteiger partial charge in [-0.1, -0.05) is 60.7 Å². The maximum absolute atomic E-state index is 3.69. The summed E-state index contributed by atoms with van der Waals surface area (Å²) < 4.78 is 0. The van der Waals surface area contributed by atoms with Gasteiger partial charge >= 0.3 is 0 Å². The molecule has 2 nitrogen and oxygen atoms in total. The van der Waals surface area contributed by atoms with Gasteiger partial charge in [0.25, 0.3) is 0 Å². The van der Waals surface area contributed by atoms with Gasteiger partial charge in [0.15, 0.2) is 0 Å². The van der Waals surface area contributed by atoms with Crippen LogP contribution in [0, 0.1) is 0 Å². The van der Waals surface area contributed by atoms with Gasteiger partial charge in [-0.05, 0) is 54.6 Å². The van der Waals surface area contributed by atoms with Crippen LogP contribution in [-0.2, 0) is 6.42 Å². The van der Waals surface area contributed by atoms with Gasteiger partial charge in [0.2, 0.25) is 0 Å². The normalized spacial score (nSPS) is 12.7. The number of nitrogens with one attached hydrogen (secondary N) is 2. The number of aromatic nitrogens is 1. The topological polar surface area (TPSA) is 27.8 Å². The number of H-pyrrole nitrogens is 1. The van der Waals surface area contributed by atoms with Crippen molar-refractivity contribution in [1.82, 2.24) is 10.3 Å². The van der Waals surface area contributed by atoms with Crippen molar-refractivity contribution >= 4 is 10.9 Å². The number of hydrogen-bond donors (Lipinski definition) is 2. The molecule has 0 saturated heterocycles.